The van der Waals surface area contributed by atoms with Crippen LogP contribution in [0.1, 0.15) is 65.7 Å². The Balaban J connectivity index is 2.76. The number of halogens is 1. The van der Waals surface area contributed by atoms with E-state index in [-0.39, 0.29) is 10.8 Å². The highest BCUT2D eigenvalue weighted by Gasteiger charge is 2.46. The third-order valence-corrected chi connectivity index (χ3v) is 5.11. The minimum Gasteiger partial charge on any atom is -0.497 e. The van der Waals surface area contributed by atoms with Gasteiger partial charge in [0.2, 0.25) is 0 Å². The van der Waals surface area contributed by atoms with Crippen molar-refractivity contribution in [2.75, 3.05) is 13.7 Å². The first kappa shape index (κ1) is 23.3. The molecule has 0 aromatic heterocycles. The molecule has 0 N–H and O–H groups in total. The number of carbonyl (C=O) groups is 2. The maximum atomic E-state index is 12.8. The van der Waals surface area contributed by atoms with Crippen LogP contribution in [-0.4, -0.2) is 25.7 Å². The van der Waals surface area contributed by atoms with E-state index in [1.165, 1.54) is 13.5 Å². The molecule has 0 aliphatic heterocycles. The molecule has 1 aromatic rings. The van der Waals surface area contributed by atoms with Crippen LogP contribution in [0.15, 0.2) is 18.2 Å². The van der Waals surface area contributed by atoms with E-state index in [4.69, 9.17) is 25.8 Å². The van der Waals surface area contributed by atoms with Gasteiger partial charge in [0.1, 0.15) is 11.5 Å². The van der Waals surface area contributed by atoms with E-state index >= 15 is 0 Å². The van der Waals surface area contributed by atoms with Crippen LogP contribution < -0.4 is 9.47 Å². The number of hydrogen-bond acceptors (Lipinski definition) is 5. The van der Waals surface area contributed by atoms with E-state index in [0.717, 1.165) is 25.7 Å². The standard InChI is InChI=1S/C21H31ClO5/c1-5-8-9-10-11-14-26-19(23)21(6-2,7-3)20(24)27-18-13-12-16(25-4)15-17(18)22/h12-13,15H,5-11,14H2,1-4H3. The Kier molecular flexibility index (Phi) is 10.2. The number of esters is 2. The van der Waals surface area contributed by atoms with Gasteiger partial charge < -0.3 is 14.2 Å². The van der Waals surface area contributed by atoms with Crippen LogP contribution in [0.25, 0.3) is 0 Å². The number of rotatable bonds is 12. The third-order valence-electron chi connectivity index (χ3n) is 4.81. The summed E-state index contributed by atoms with van der Waals surface area (Å²) in [7, 11) is 1.52. The Bertz CT molecular complexity index is 611. The monoisotopic (exact) mass is 398 g/mol. The molecule has 0 fully saturated rings. The molecule has 0 bridgehead atoms. The van der Waals surface area contributed by atoms with Gasteiger partial charge in [0.15, 0.2) is 5.41 Å². The molecule has 5 nitrogen and oxygen atoms in total. The van der Waals surface area contributed by atoms with Crippen LogP contribution in [0.5, 0.6) is 11.5 Å². The first-order valence-corrected chi connectivity index (χ1v) is 10.1. The molecule has 0 amide bonds. The Morgan fingerprint density at radius 3 is 2.22 bits per heavy atom. The number of unbranched alkanes of at least 4 members (excludes halogenated alkanes) is 4. The summed E-state index contributed by atoms with van der Waals surface area (Å²) in [6.07, 6.45) is 5.87. The van der Waals surface area contributed by atoms with Crippen LogP contribution in [0, 0.1) is 5.41 Å². The van der Waals surface area contributed by atoms with Crippen molar-refractivity contribution in [2.45, 2.75) is 65.7 Å². The lowest BCUT2D eigenvalue weighted by molar-refractivity contribution is -0.168. The molecule has 1 rings (SSSR count). The lowest BCUT2D eigenvalue weighted by Crippen LogP contribution is -2.42. The summed E-state index contributed by atoms with van der Waals surface area (Å²) in [6, 6.07) is 4.75. The van der Waals surface area contributed by atoms with E-state index < -0.39 is 17.4 Å². The lowest BCUT2D eigenvalue weighted by Gasteiger charge is -2.27. The summed E-state index contributed by atoms with van der Waals surface area (Å²) in [5.74, 6) is -0.422. The second-order valence-corrected chi connectivity index (χ2v) is 6.93. The second kappa shape index (κ2) is 11.9. The van der Waals surface area contributed by atoms with Gasteiger partial charge in [-0.15, -0.1) is 0 Å². The number of hydrogen-bond donors (Lipinski definition) is 0. The van der Waals surface area contributed by atoms with E-state index in [9.17, 15) is 9.59 Å². The van der Waals surface area contributed by atoms with Crippen LogP contribution in [0.3, 0.4) is 0 Å². The normalized spacial score (nSPS) is 11.1. The van der Waals surface area contributed by atoms with Crippen molar-refractivity contribution in [3.05, 3.63) is 23.2 Å². The molecular formula is C21H31ClO5. The van der Waals surface area contributed by atoms with Crippen molar-refractivity contribution in [3.63, 3.8) is 0 Å². The SMILES string of the molecule is CCCCCCCOC(=O)C(CC)(CC)C(=O)Oc1ccc(OC)cc1Cl. The predicted molar refractivity (Wildman–Crippen MR) is 106 cm³/mol. The van der Waals surface area contributed by atoms with E-state index in [0.29, 0.717) is 25.2 Å². The fraction of sp³-hybridized carbons (Fsp3) is 0.619. The largest absolute Gasteiger partial charge is 0.497 e. The minimum atomic E-state index is -1.33. The lowest BCUT2D eigenvalue weighted by atomic mass is 9.82. The summed E-state index contributed by atoms with van der Waals surface area (Å²) >= 11 is 6.14. The Labute approximate surface area is 167 Å². The Morgan fingerprint density at radius 1 is 1.00 bits per heavy atom. The molecular weight excluding hydrogens is 368 g/mol. The maximum Gasteiger partial charge on any atom is 0.328 e. The minimum absolute atomic E-state index is 0.195. The molecule has 0 unspecified atom stereocenters. The highest BCUT2D eigenvalue weighted by Crippen LogP contribution is 2.34. The Morgan fingerprint density at radius 2 is 1.67 bits per heavy atom. The molecule has 0 aliphatic carbocycles. The molecule has 1 aromatic carbocycles. The average Bonchev–Trinajstić information content (AvgIpc) is 2.67. The quantitative estimate of drug-likeness (QED) is 0.199. The van der Waals surface area contributed by atoms with Crippen LogP contribution >= 0.6 is 11.6 Å². The van der Waals surface area contributed by atoms with Gasteiger partial charge in [0, 0.05) is 6.07 Å². The molecule has 0 heterocycles. The fourth-order valence-electron chi connectivity index (χ4n) is 2.81. The van der Waals surface area contributed by atoms with Gasteiger partial charge in [-0.05, 0) is 31.4 Å². The maximum absolute atomic E-state index is 12.8. The van der Waals surface area contributed by atoms with Crippen molar-refractivity contribution in [3.8, 4) is 11.5 Å². The van der Waals surface area contributed by atoms with Gasteiger partial charge in [-0.3, -0.25) is 9.59 Å². The highest BCUT2D eigenvalue weighted by molar-refractivity contribution is 6.32. The molecule has 152 valence electrons. The van der Waals surface area contributed by atoms with Crippen LogP contribution in [0.4, 0.5) is 0 Å². The zero-order valence-electron chi connectivity index (χ0n) is 16.8. The zero-order valence-corrected chi connectivity index (χ0v) is 17.6. The van der Waals surface area contributed by atoms with E-state index in [1.54, 1.807) is 32.0 Å². The predicted octanol–water partition coefficient (Wildman–Crippen LogP) is 5.57. The molecule has 27 heavy (non-hydrogen) atoms. The van der Waals surface area contributed by atoms with E-state index in [2.05, 4.69) is 6.92 Å². The Hall–Kier alpha value is -1.75. The molecule has 0 aliphatic rings. The first-order chi connectivity index (χ1) is 12.9. The van der Waals surface area contributed by atoms with Gasteiger partial charge in [-0.2, -0.15) is 0 Å². The number of benzene rings is 1. The van der Waals surface area contributed by atoms with Crippen molar-refractivity contribution in [1.82, 2.24) is 0 Å². The summed E-state index contributed by atoms with van der Waals surface area (Å²) in [6.45, 7) is 6.03. The number of methoxy groups -OCH3 is 1. The van der Waals surface area contributed by atoms with Gasteiger partial charge in [-0.1, -0.05) is 58.1 Å². The summed E-state index contributed by atoms with van der Waals surface area (Å²) in [5, 5.41) is 0.244. The van der Waals surface area contributed by atoms with Crippen molar-refractivity contribution >= 4 is 23.5 Å². The summed E-state index contributed by atoms with van der Waals surface area (Å²) in [4.78, 5) is 25.5. The van der Waals surface area contributed by atoms with Gasteiger partial charge in [-0.25, -0.2) is 0 Å². The van der Waals surface area contributed by atoms with Crippen LogP contribution in [0.2, 0.25) is 5.02 Å². The van der Waals surface area contributed by atoms with Gasteiger partial charge in [0.05, 0.1) is 18.7 Å². The molecule has 6 heteroatoms. The summed E-state index contributed by atoms with van der Waals surface area (Å²) in [5.41, 5.74) is -1.33. The average molecular weight is 399 g/mol. The smallest absolute Gasteiger partial charge is 0.328 e. The molecule has 0 atom stereocenters. The first-order valence-electron chi connectivity index (χ1n) is 9.68. The zero-order chi connectivity index (χ0) is 20.3. The highest BCUT2D eigenvalue weighted by atomic mass is 35.5. The molecule has 0 saturated heterocycles. The summed E-state index contributed by atoms with van der Waals surface area (Å²) < 4.78 is 15.9. The van der Waals surface area contributed by atoms with Crippen LogP contribution in [-0.2, 0) is 14.3 Å². The number of ether oxygens (including phenoxy) is 3. The molecule has 0 saturated carbocycles. The molecule has 0 spiro atoms. The number of carbonyl (C=O) groups excluding carboxylic acids is 2. The van der Waals surface area contributed by atoms with Gasteiger partial charge in [0.25, 0.3) is 0 Å². The topological polar surface area (TPSA) is 61.8 Å². The van der Waals surface area contributed by atoms with Crippen molar-refractivity contribution in [1.29, 1.82) is 0 Å². The van der Waals surface area contributed by atoms with Crippen molar-refractivity contribution < 1.29 is 23.8 Å². The van der Waals surface area contributed by atoms with Gasteiger partial charge >= 0.3 is 11.9 Å². The van der Waals surface area contributed by atoms with Crippen molar-refractivity contribution in [2.24, 2.45) is 5.41 Å². The second-order valence-electron chi connectivity index (χ2n) is 6.53. The third kappa shape index (κ3) is 6.42. The van der Waals surface area contributed by atoms with E-state index in [1.807, 2.05) is 0 Å². The molecule has 0 radical (unpaired) electrons. The fourth-order valence-corrected chi connectivity index (χ4v) is 3.02.